The molecule has 1 heterocycles. The number of hydrogen-bond donors (Lipinski definition) is 2. The number of imide groups is 1. The molecular formula is C22H31N3O5. The van der Waals surface area contributed by atoms with Crippen LogP contribution in [0.25, 0.3) is 0 Å². The quantitative estimate of drug-likeness (QED) is 0.718. The summed E-state index contributed by atoms with van der Waals surface area (Å²) in [6.45, 7) is 6.26. The number of amides is 4. The van der Waals surface area contributed by atoms with E-state index < -0.39 is 17.5 Å². The summed E-state index contributed by atoms with van der Waals surface area (Å²) in [6.07, 6.45) is 2.94. The molecule has 2 N–H and O–H groups in total. The summed E-state index contributed by atoms with van der Waals surface area (Å²) in [5.74, 6) is 0.720. The van der Waals surface area contributed by atoms with Crippen LogP contribution in [-0.2, 0) is 9.59 Å². The molecule has 0 unspecified atom stereocenters. The predicted molar refractivity (Wildman–Crippen MR) is 113 cm³/mol. The summed E-state index contributed by atoms with van der Waals surface area (Å²) in [5, 5.41) is 5.57. The highest BCUT2D eigenvalue weighted by atomic mass is 16.5. The summed E-state index contributed by atoms with van der Waals surface area (Å²) in [7, 11) is 3.01. The number of carbonyl (C=O) groups excluding carboxylic acids is 3. The van der Waals surface area contributed by atoms with E-state index in [1.807, 2.05) is 0 Å². The number of methoxy groups -OCH3 is 2. The SMILES string of the molecule is COc1ccc(OC)c(NC(=O)CN2C(=O)NC3(CCC(C(C)(C)C)CC3)C2=O)c1. The van der Waals surface area contributed by atoms with Crippen molar-refractivity contribution in [2.24, 2.45) is 11.3 Å². The van der Waals surface area contributed by atoms with Crippen LogP contribution in [0.1, 0.15) is 46.5 Å². The van der Waals surface area contributed by atoms with Gasteiger partial charge in [0, 0.05) is 6.07 Å². The number of carbonyl (C=O) groups is 3. The number of nitrogens with one attached hydrogen (secondary N) is 2. The van der Waals surface area contributed by atoms with E-state index in [-0.39, 0.29) is 17.9 Å². The zero-order valence-electron chi connectivity index (χ0n) is 18.3. The number of urea groups is 1. The number of hydrogen-bond acceptors (Lipinski definition) is 5. The van der Waals surface area contributed by atoms with Crippen molar-refractivity contribution in [2.75, 3.05) is 26.1 Å². The summed E-state index contributed by atoms with van der Waals surface area (Å²) in [6, 6.07) is 4.49. The Kier molecular flexibility index (Phi) is 5.97. The summed E-state index contributed by atoms with van der Waals surface area (Å²) in [5.41, 5.74) is -0.301. The molecule has 30 heavy (non-hydrogen) atoms. The van der Waals surface area contributed by atoms with Gasteiger partial charge < -0.3 is 20.1 Å². The number of anilines is 1. The molecule has 0 atom stereocenters. The standard InChI is InChI=1S/C22H31N3O5/c1-21(2,3)14-8-10-22(11-9-14)19(27)25(20(28)24-22)13-18(26)23-16-12-15(29-4)6-7-17(16)30-5/h6-7,12,14H,8-11,13H2,1-5H3,(H,23,26)(H,24,28). The minimum atomic E-state index is -0.882. The minimum Gasteiger partial charge on any atom is -0.497 e. The molecule has 1 spiro atoms. The fraction of sp³-hybridized carbons (Fsp3) is 0.591. The van der Waals surface area contributed by atoms with E-state index in [2.05, 4.69) is 31.4 Å². The third-order valence-corrected chi connectivity index (χ3v) is 6.29. The molecule has 1 saturated heterocycles. The third-order valence-electron chi connectivity index (χ3n) is 6.29. The van der Waals surface area contributed by atoms with Crippen LogP contribution in [0.2, 0.25) is 0 Å². The fourth-order valence-corrected chi connectivity index (χ4v) is 4.38. The van der Waals surface area contributed by atoms with Crippen LogP contribution in [0.3, 0.4) is 0 Å². The summed E-state index contributed by atoms with van der Waals surface area (Å²) >= 11 is 0. The second-order valence-corrected chi connectivity index (χ2v) is 9.16. The Bertz CT molecular complexity index is 838. The van der Waals surface area contributed by atoms with Crippen molar-refractivity contribution in [3.05, 3.63) is 18.2 Å². The van der Waals surface area contributed by atoms with Gasteiger partial charge in [0.15, 0.2) is 0 Å². The van der Waals surface area contributed by atoms with Gasteiger partial charge in [-0.15, -0.1) is 0 Å². The first-order valence-corrected chi connectivity index (χ1v) is 10.3. The highest BCUT2D eigenvalue weighted by molar-refractivity contribution is 6.10. The zero-order chi connectivity index (χ0) is 22.1. The molecular weight excluding hydrogens is 386 g/mol. The molecule has 1 aromatic carbocycles. The van der Waals surface area contributed by atoms with Crippen molar-refractivity contribution in [2.45, 2.75) is 52.0 Å². The maximum absolute atomic E-state index is 13.1. The van der Waals surface area contributed by atoms with E-state index in [0.29, 0.717) is 35.9 Å². The zero-order valence-corrected chi connectivity index (χ0v) is 18.3. The molecule has 1 aromatic rings. The van der Waals surface area contributed by atoms with E-state index >= 15 is 0 Å². The predicted octanol–water partition coefficient (Wildman–Crippen LogP) is 3.17. The molecule has 8 nitrogen and oxygen atoms in total. The average Bonchev–Trinajstić information content (AvgIpc) is 2.91. The largest absolute Gasteiger partial charge is 0.497 e. The Labute approximate surface area is 177 Å². The minimum absolute atomic E-state index is 0.169. The van der Waals surface area contributed by atoms with E-state index in [9.17, 15) is 14.4 Å². The monoisotopic (exact) mass is 417 g/mol. The maximum Gasteiger partial charge on any atom is 0.325 e. The van der Waals surface area contributed by atoms with Crippen LogP contribution in [-0.4, -0.2) is 49.0 Å². The van der Waals surface area contributed by atoms with E-state index in [1.54, 1.807) is 18.2 Å². The third kappa shape index (κ3) is 4.22. The Morgan fingerprint density at radius 2 is 1.87 bits per heavy atom. The highest BCUT2D eigenvalue weighted by Gasteiger charge is 2.53. The summed E-state index contributed by atoms with van der Waals surface area (Å²) in [4.78, 5) is 39.2. The molecule has 1 saturated carbocycles. The maximum atomic E-state index is 13.1. The van der Waals surface area contributed by atoms with Crippen molar-refractivity contribution >= 4 is 23.5 Å². The van der Waals surface area contributed by atoms with E-state index in [1.165, 1.54) is 14.2 Å². The van der Waals surface area contributed by atoms with Gasteiger partial charge in [0.25, 0.3) is 5.91 Å². The van der Waals surface area contributed by atoms with Gasteiger partial charge in [-0.05, 0) is 49.1 Å². The molecule has 1 aliphatic heterocycles. The van der Waals surface area contributed by atoms with Crippen LogP contribution < -0.4 is 20.1 Å². The lowest BCUT2D eigenvalue weighted by atomic mass is 9.67. The first-order valence-electron chi connectivity index (χ1n) is 10.3. The molecule has 3 rings (SSSR count). The second-order valence-electron chi connectivity index (χ2n) is 9.16. The molecule has 0 bridgehead atoms. The van der Waals surface area contributed by atoms with Crippen molar-refractivity contribution < 1.29 is 23.9 Å². The smallest absolute Gasteiger partial charge is 0.325 e. The normalized spacial score (nSPS) is 24.0. The highest BCUT2D eigenvalue weighted by Crippen LogP contribution is 2.43. The van der Waals surface area contributed by atoms with E-state index in [4.69, 9.17) is 9.47 Å². The van der Waals surface area contributed by atoms with Crippen molar-refractivity contribution in [3.63, 3.8) is 0 Å². The number of nitrogens with zero attached hydrogens (tertiary/aromatic N) is 1. The Balaban J connectivity index is 1.67. The van der Waals surface area contributed by atoms with Gasteiger partial charge in [0.2, 0.25) is 5.91 Å². The van der Waals surface area contributed by atoms with Crippen LogP contribution in [0.4, 0.5) is 10.5 Å². The molecule has 1 aliphatic carbocycles. The molecule has 4 amide bonds. The summed E-state index contributed by atoms with van der Waals surface area (Å²) < 4.78 is 10.4. The van der Waals surface area contributed by atoms with Crippen molar-refractivity contribution in [1.82, 2.24) is 10.2 Å². The molecule has 0 radical (unpaired) electrons. The van der Waals surface area contributed by atoms with E-state index in [0.717, 1.165) is 17.7 Å². The Hall–Kier alpha value is -2.77. The first kappa shape index (κ1) is 21.9. The van der Waals surface area contributed by atoms with Crippen LogP contribution in [0.15, 0.2) is 18.2 Å². The topological polar surface area (TPSA) is 97.0 Å². The molecule has 164 valence electrons. The van der Waals surface area contributed by atoms with Gasteiger partial charge >= 0.3 is 6.03 Å². The fourth-order valence-electron chi connectivity index (χ4n) is 4.38. The average molecular weight is 418 g/mol. The lowest BCUT2D eigenvalue weighted by Gasteiger charge is -2.40. The number of rotatable bonds is 5. The van der Waals surface area contributed by atoms with Gasteiger partial charge in [0.05, 0.1) is 19.9 Å². The van der Waals surface area contributed by atoms with Gasteiger partial charge in [-0.25, -0.2) is 4.79 Å². The lowest BCUT2D eigenvalue weighted by Crippen LogP contribution is -2.50. The van der Waals surface area contributed by atoms with Gasteiger partial charge in [-0.3, -0.25) is 14.5 Å². The Morgan fingerprint density at radius 3 is 2.43 bits per heavy atom. The first-order chi connectivity index (χ1) is 14.1. The van der Waals surface area contributed by atoms with Crippen LogP contribution in [0.5, 0.6) is 11.5 Å². The number of benzene rings is 1. The van der Waals surface area contributed by atoms with Gasteiger partial charge in [-0.2, -0.15) is 0 Å². The van der Waals surface area contributed by atoms with Gasteiger partial charge in [0.1, 0.15) is 23.6 Å². The number of ether oxygens (including phenoxy) is 2. The van der Waals surface area contributed by atoms with Crippen LogP contribution in [0, 0.1) is 11.3 Å². The Morgan fingerprint density at radius 1 is 1.20 bits per heavy atom. The second kappa shape index (κ2) is 8.16. The van der Waals surface area contributed by atoms with Crippen molar-refractivity contribution in [3.8, 4) is 11.5 Å². The van der Waals surface area contributed by atoms with Gasteiger partial charge in [-0.1, -0.05) is 20.8 Å². The molecule has 2 fully saturated rings. The molecule has 0 aromatic heterocycles. The van der Waals surface area contributed by atoms with Crippen LogP contribution >= 0.6 is 0 Å². The molecule has 2 aliphatic rings. The van der Waals surface area contributed by atoms with Crippen molar-refractivity contribution in [1.29, 1.82) is 0 Å². The molecule has 8 heteroatoms. The lowest BCUT2D eigenvalue weighted by molar-refractivity contribution is -0.135.